The summed E-state index contributed by atoms with van der Waals surface area (Å²) in [5.41, 5.74) is 1.29. The first-order valence-electron chi connectivity index (χ1n) is 6.42. The number of carboxylic acids is 1. The molecular weight excluding hydrogens is 274 g/mol. The van der Waals surface area contributed by atoms with Gasteiger partial charge in [-0.15, -0.1) is 0 Å². The lowest BCUT2D eigenvalue weighted by Crippen LogP contribution is -2.28. The molecule has 1 aromatic carbocycles. The van der Waals surface area contributed by atoms with E-state index in [1.165, 1.54) is 18.1 Å². The van der Waals surface area contributed by atoms with Crippen LogP contribution in [0.15, 0.2) is 24.3 Å². The van der Waals surface area contributed by atoms with Gasteiger partial charge in [-0.2, -0.15) is 0 Å². The molecule has 1 aliphatic heterocycles. The molecule has 0 aromatic heterocycles. The van der Waals surface area contributed by atoms with Crippen molar-refractivity contribution in [2.45, 2.75) is 19.4 Å². The third-order valence-electron chi connectivity index (χ3n) is 3.24. The van der Waals surface area contributed by atoms with Crippen LogP contribution in [-0.2, 0) is 20.9 Å². The Morgan fingerprint density at radius 1 is 1.33 bits per heavy atom. The highest BCUT2D eigenvalue weighted by atomic mass is 16.5. The van der Waals surface area contributed by atoms with Crippen LogP contribution in [0.2, 0.25) is 0 Å². The molecule has 1 N–H and O–H groups in total. The van der Waals surface area contributed by atoms with Crippen LogP contribution in [0, 0.1) is 0 Å². The second-order valence-electron chi connectivity index (χ2n) is 4.61. The minimum atomic E-state index is -1.06. The van der Waals surface area contributed by atoms with Gasteiger partial charge in [0.2, 0.25) is 11.8 Å². The molecule has 2 rings (SSSR count). The van der Waals surface area contributed by atoms with Crippen molar-refractivity contribution in [3.63, 3.8) is 0 Å². The van der Waals surface area contributed by atoms with Crippen LogP contribution in [-0.4, -0.2) is 34.9 Å². The molecule has 6 heteroatoms. The van der Waals surface area contributed by atoms with Crippen molar-refractivity contribution in [1.29, 1.82) is 0 Å². The Hall–Kier alpha value is -2.63. The average molecular weight is 289 g/mol. The van der Waals surface area contributed by atoms with Crippen molar-refractivity contribution >= 4 is 23.9 Å². The SMILES string of the molecule is COc1ccc(C=CC(=O)O)c(CN2C(=O)CCC2=O)c1. The number of nitrogens with zero attached hydrogens (tertiary/aromatic N) is 1. The van der Waals surface area contributed by atoms with E-state index in [0.29, 0.717) is 16.9 Å². The minimum Gasteiger partial charge on any atom is -0.497 e. The molecule has 1 aromatic rings. The van der Waals surface area contributed by atoms with Gasteiger partial charge in [0.1, 0.15) is 5.75 Å². The van der Waals surface area contributed by atoms with Crippen LogP contribution in [0.25, 0.3) is 6.08 Å². The summed E-state index contributed by atoms with van der Waals surface area (Å²) in [5, 5.41) is 8.70. The highest BCUT2D eigenvalue weighted by Crippen LogP contribution is 2.23. The molecule has 1 saturated heterocycles. The number of carbonyl (C=O) groups excluding carboxylic acids is 2. The number of carbonyl (C=O) groups is 3. The van der Waals surface area contributed by atoms with Gasteiger partial charge < -0.3 is 9.84 Å². The zero-order valence-electron chi connectivity index (χ0n) is 11.5. The molecule has 0 spiro atoms. The van der Waals surface area contributed by atoms with E-state index in [0.717, 1.165) is 6.08 Å². The van der Waals surface area contributed by atoms with Gasteiger partial charge in [-0.25, -0.2) is 4.79 Å². The molecule has 6 nitrogen and oxygen atoms in total. The smallest absolute Gasteiger partial charge is 0.328 e. The van der Waals surface area contributed by atoms with Crippen LogP contribution in [0.1, 0.15) is 24.0 Å². The summed E-state index contributed by atoms with van der Waals surface area (Å²) in [5.74, 6) is -0.909. The summed E-state index contributed by atoms with van der Waals surface area (Å²) >= 11 is 0. The predicted octanol–water partition coefficient (Wildman–Crippen LogP) is 1.44. The fourth-order valence-corrected chi connectivity index (χ4v) is 2.14. The van der Waals surface area contributed by atoms with E-state index in [-0.39, 0.29) is 31.2 Å². The number of imide groups is 1. The predicted molar refractivity (Wildman–Crippen MR) is 74.5 cm³/mol. The van der Waals surface area contributed by atoms with E-state index >= 15 is 0 Å². The van der Waals surface area contributed by atoms with E-state index in [1.54, 1.807) is 18.2 Å². The molecular formula is C15H15NO5. The third-order valence-corrected chi connectivity index (χ3v) is 3.24. The van der Waals surface area contributed by atoms with Crippen LogP contribution in [0.5, 0.6) is 5.75 Å². The Morgan fingerprint density at radius 2 is 2.00 bits per heavy atom. The summed E-state index contributed by atoms with van der Waals surface area (Å²) < 4.78 is 5.12. The molecule has 0 unspecified atom stereocenters. The number of amides is 2. The van der Waals surface area contributed by atoms with Gasteiger partial charge >= 0.3 is 5.97 Å². The Bertz CT molecular complexity index is 604. The quantitative estimate of drug-likeness (QED) is 0.655. The van der Waals surface area contributed by atoms with Crippen molar-refractivity contribution in [2.75, 3.05) is 7.11 Å². The summed E-state index contributed by atoms with van der Waals surface area (Å²) in [6.07, 6.45) is 2.90. The van der Waals surface area contributed by atoms with E-state index < -0.39 is 5.97 Å². The number of rotatable bonds is 5. The summed E-state index contributed by atoms with van der Waals surface area (Å²) in [4.78, 5) is 35.2. The second kappa shape index (κ2) is 6.21. The van der Waals surface area contributed by atoms with Crippen molar-refractivity contribution in [3.8, 4) is 5.75 Å². The number of benzene rings is 1. The maximum Gasteiger partial charge on any atom is 0.328 e. The number of carboxylic acid groups (broad SMARTS) is 1. The number of ether oxygens (including phenoxy) is 1. The van der Waals surface area contributed by atoms with Gasteiger partial charge in [-0.1, -0.05) is 6.07 Å². The monoisotopic (exact) mass is 289 g/mol. The van der Waals surface area contributed by atoms with Crippen LogP contribution in [0.4, 0.5) is 0 Å². The first kappa shape index (κ1) is 14.8. The largest absolute Gasteiger partial charge is 0.497 e. The lowest BCUT2D eigenvalue weighted by Gasteiger charge is -2.16. The lowest BCUT2D eigenvalue weighted by molar-refractivity contribution is -0.139. The van der Waals surface area contributed by atoms with Gasteiger partial charge in [-0.3, -0.25) is 14.5 Å². The third kappa shape index (κ3) is 3.47. The fraction of sp³-hybridized carbons (Fsp3) is 0.267. The van der Waals surface area contributed by atoms with Gasteiger partial charge in [0.05, 0.1) is 13.7 Å². The molecule has 21 heavy (non-hydrogen) atoms. The first-order chi connectivity index (χ1) is 10.0. The minimum absolute atomic E-state index is 0.119. The zero-order chi connectivity index (χ0) is 15.4. The second-order valence-corrected chi connectivity index (χ2v) is 4.61. The van der Waals surface area contributed by atoms with Gasteiger partial charge in [0.25, 0.3) is 0 Å². The average Bonchev–Trinajstić information content (AvgIpc) is 2.77. The molecule has 1 aliphatic rings. The molecule has 0 saturated carbocycles. The van der Waals surface area contributed by atoms with Crippen molar-refractivity contribution in [2.24, 2.45) is 0 Å². The lowest BCUT2D eigenvalue weighted by atomic mass is 10.1. The van der Waals surface area contributed by atoms with Crippen LogP contribution in [0.3, 0.4) is 0 Å². The van der Waals surface area contributed by atoms with E-state index in [9.17, 15) is 14.4 Å². The van der Waals surface area contributed by atoms with Crippen LogP contribution >= 0.6 is 0 Å². The highest BCUT2D eigenvalue weighted by molar-refractivity contribution is 6.01. The molecule has 0 bridgehead atoms. The maximum atomic E-state index is 11.7. The fourth-order valence-electron chi connectivity index (χ4n) is 2.14. The van der Waals surface area contributed by atoms with Gasteiger partial charge in [0, 0.05) is 18.9 Å². The Morgan fingerprint density at radius 3 is 2.57 bits per heavy atom. The van der Waals surface area contributed by atoms with Crippen LogP contribution < -0.4 is 4.74 Å². The Balaban J connectivity index is 2.32. The topological polar surface area (TPSA) is 83.9 Å². The van der Waals surface area contributed by atoms with Gasteiger partial charge in [-0.05, 0) is 29.3 Å². The maximum absolute atomic E-state index is 11.7. The number of likely N-dealkylation sites (tertiary alicyclic amines) is 1. The normalized spacial score (nSPS) is 15.0. The molecule has 2 amide bonds. The molecule has 0 atom stereocenters. The van der Waals surface area contributed by atoms with Gasteiger partial charge in [0.15, 0.2) is 0 Å². The standard InChI is InChI=1S/C15H15NO5/c1-21-12-4-2-10(3-7-15(19)20)11(8-12)9-16-13(17)5-6-14(16)18/h2-4,7-8H,5-6,9H2,1H3,(H,19,20). The van der Waals surface area contributed by atoms with E-state index in [4.69, 9.17) is 9.84 Å². The van der Waals surface area contributed by atoms with Crippen molar-refractivity contribution in [3.05, 3.63) is 35.4 Å². The molecule has 110 valence electrons. The molecule has 1 fully saturated rings. The number of hydrogen-bond donors (Lipinski definition) is 1. The van der Waals surface area contributed by atoms with Crippen molar-refractivity contribution < 1.29 is 24.2 Å². The number of methoxy groups -OCH3 is 1. The Kier molecular flexibility index (Phi) is 4.37. The Labute approximate surface area is 121 Å². The molecule has 0 radical (unpaired) electrons. The molecule has 0 aliphatic carbocycles. The first-order valence-corrected chi connectivity index (χ1v) is 6.42. The highest BCUT2D eigenvalue weighted by Gasteiger charge is 2.29. The zero-order valence-corrected chi connectivity index (χ0v) is 11.5. The number of aliphatic carboxylic acids is 1. The number of hydrogen-bond acceptors (Lipinski definition) is 4. The summed E-state index contributed by atoms with van der Waals surface area (Å²) in [6, 6.07) is 5.08. The van der Waals surface area contributed by atoms with E-state index in [2.05, 4.69) is 0 Å². The molecule has 1 heterocycles. The van der Waals surface area contributed by atoms with E-state index in [1.807, 2.05) is 0 Å². The summed E-state index contributed by atoms with van der Waals surface area (Å²) in [7, 11) is 1.51. The summed E-state index contributed by atoms with van der Waals surface area (Å²) in [6.45, 7) is 0.119. The van der Waals surface area contributed by atoms with Crippen molar-refractivity contribution in [1.82, 2.24) is 4.90 Å².